The van der Waals surface area contributed by atoms with Gasteiger partial charge in [0.05, 0.1) is 12.5 Å². The third-order valence-electron chi connectivity index (χ3n) is 2.37. The second kappa shape index (κ2) is 3.62. The Balaban J connectivity index is 2.62. The molecule has 3 heteroatoms. The van der Waals surface area contributed by atoms with Gasteiger partial charge in [-0.25, -0.2) is 0 Å². The highest BCUT2D eigenvalue weighted by molar-refractivity contribution is 6.21. The molecule has 1 aliphatic rings. The van der Waals surface area contributed by atoms with E-state index in [0.717, 1.165) is 16.3 Å². The van der Waals surface area contributed by atoms with E-state index in [1.807, 2.05) is 18.2 Å². The van der Waals surface area contributed by atoms with E-state index in [0.29, 0.717) is 0 Å². The largest absolute Gasteiger partial charge is 0.497 e. The summed E-state index contributed by atoms with van der Waals surface area (Å²) in [6.45, 7) is 2.06. The number of methoxy groups -OCH3 is 1. The van der Waals surface area contributed by atoms with Gasteiger partial charge in [0.2, 0.25) is 0 Å². The minimum absolute atomic E-state index is 0.143. The molecule has 1 aliphatic heterocycles. The summed E-state index contributed by atoms with van der Waals surface area (Å²) in [4.78, 5) is 4.38. The van der Waals surface area contributed by atoms with Gasteiger partial charge < -0.3 is 4.74 Å². The van der Waals surface area contributed by atoms with Crippen LogP contribution in [0.25, 0.3) is 6.08 Å². The predicted octanol–water partition coefficient (Wildman–Crippen LogP) is 1.31. The minimum atomic E-state index is -0.143. The Labute approximate surface area is 87.9 Å². The number of hydrogen-bond acceptors (Lipinski definition) is 2. The van der Waals surface area contributed by atoms with E-state index in [4.69, 9.17) is 16.3 Å². The fraction of sp³-hybridized carbons (Fsp3) is 0.364. The van der Waals surface area contributed by atoms with Crippen molar-refractivity contribution in [2.24, 2.45) is 10.9 Å². The fourth-order valence-electron chi connectivity index (χ4n) is 1.52. The van der Waals surface area contributed by atoms with Gasteiger partial charge in [-0.1, -0.05) is 24.6 Å². The van der Waals surface area contributed by atoms with E-state index in [1.165, 1.54) is 0 Å². The quantitative estimate of drug-likeness (QED) is 0.505. The monoisotopic (exact) mass is 209 g/mol. The van der Waals surface area contributed by atoms with Gasteiger partial charge in [0.1, 0.15) is 11.3 Å². The maximum absolute atomic E-state index is 6.04. The molecule has 2 atom stereocenters. The molecule has 1 heterocycles. The van der Waals surface area contributed by atoms with E-state index in [-0.39, 0.29) is 11.4 Å². The molecule has 0 N–H and O–H groups in total. The summed E-state index contributed by atoms with van der Waals surface area (Å²) in [5.74, 6) is 1.13. The zero-order chi connectivity index (χ0) is 10.1. The molecule has 0 saturated heterocycles. The van der Waals surface area contributed by atoms with Crippen molar-refractivity contribution in [3.05, 3.63) is 28.8 Å². The maximum Gasteiger partial charge on any atom is 0.130 e. The van der Waals surface area contributed by atoms with Crippen LogP contribution in [0, 0.1) is 5.92 Å². The Kier molecular flexibility index (Phi) is 2.46. The molecule has 2 rings (SSSR count). The van der Waals surface area contributed by atoms with Crippen LogP contribution < -0.4 is 15.3 Å². The molecule has 1 aromatic rings. The zero-order valence-electron chi connectivity index (χ0n) is 8.20. The summed E-state index contributed by atoms with van der Waals surface area (Å²) < 4.78 is 5.15. The van der Waals surface area contributed by atoms with E-state index in [2.05, 4.69) is 18.0 Å². The minimum Gasteiger partial charge on any atom is -0.497 e. The van der Waals surface area contributed by atoms with Gasteiger partial charge >= 0.3 is 0 Å². The average molecular weight is 210 g/mol. The molecule has 0 radical (unpaired) electrons. The highest BCUT2D eigenvalue weighted by atomic mass is 35.5. The third-order valence-corrected chi connectivity index (χ3v) is 2.87. The first-order valence-corrected chi connectivity index (χ1v) is 5.02. The molecular weight excluding hydrogens is 198 g/mol. The Morgan fingerprint density at radius 1 is 1.43 bits per heavy atom. The lowest BCUT2D eigenvalue weighted by Gasteiger charge is -2.13. The normalized spacial score (nSPS) is 24.5. The van der Waals surface area contributed by atoms with E-state index < -0.39 is 0 Å². The molecule has 0 spiro atoms. The lowest BCUT2D eigenvalue weighted by atomic mass is 10.1. The fourth-order valence-corrected chi connectivity index (χ4v) is 1.70. The summed E-state index contributed by atoms with van der Waals surface area (Å²) in [7, 11) is 1.66. The summed E-state index contributed by atoms with van der Waals surface area (Å²) in [6, 6.07) is 5.82. The number of ether oxygens (including phenoxy) is 1. The molecule has 0 aromatic heterocycles. The van der Waals surface area contributed by atoms with Gasteiger partial charge in [0.15, 0.2) is 0 Å². The molecule has 0 saturated carbocycles. The van der Waals surface area contributed by atoms with Crippen molar-refractivity contribution in [3.63, 3.8) is 0 Å². The van der Waals surface area contributed by atoms with Crippen LogP contribution >= 0.6 is 11.6 Å². The Bertz CT molecular complexity index is 455. The molecule has 0 fully saturated rings. The summed E-state index contributed by atoms with van der Waals surface area (Å²) in [5.41, 5.74) is -0.143. The van der Waals surface area contributed by atoms with E-state index in [9.17, 15) is 0 Å². The van der Waals surface area contributed by atoms with Crippen molar-refractivity contribution in [1.82, 2.24) is 0 Å². The number of alkyl halides is 1. The first-order valence-electron chi connectivity index (χ1n) is 4.58. The van der Waals surface area contributed by atoms with Gasteiger partial charge in [0, 0.05) is 5.92 Å². The van der Waals surface area contributed by atoms with Gasteiger partial charge in [-0.05, 0) is 23.4 Å². The Hall–Kier alpha value is -1.02. The van der Waals surface area contributed by atoms with Gasteiger partial charge in [-0.3, -0.25) is 4.99 Å². The zero-order valence-corrected chi connectivity index (χ0v) is 8.95. The van der Waals surface area contributed by atoms with Crippen LogP contribution in [0.5, 0.6) is 5.75 Å². The molecule has 74 valence electrons. The molecule has 14 heavy (non-hydrogen) atoms. The molecule has 0 aliphatic carbocycles. The van der Waals surface area contributed by atoms with Crippen LogP contribution in [0.4, 0.5) is 0 Å². The number of hydrogen-bond donors (Lipinski definition) is 0. The average Bonchev–Trinajstić information content (AvgIpc) is 2.19. The van der Waals surface area contributed by atoms with Crippen LogP contribution in [0.3, 0.4) is 0 Å². The van der Waals surface area contributed by atoms with Crippen LogP contribution in [0.15, 0.2) is 23.2 Å². The SMILES string of the molecule is COc1ccc2c(c1)=CC(C)C(Cl)N=2. The first kappa shape index (κ1) is 9.53. The maximum atomic E-state index is 6.04. The predicted molar refractivity (Wildman–Crippen MR) is 57.0 cm³/mol. The topological polar surface area (TPSA) is 21.6 Å². The Morgan fingerprint density at radius 2 is 2.21 bits per heavy atom. The lowest BCUT2D eigenvalue weighted by Crippen LogP contribution is -2.32. The summed E-state index contributed by atoms with van der Waals surface area (Å²) in [5, 5.41) is 2.05. The molecule has 1 aromatic carbocycles. The van der Waals surface area contributed by atoms with Crippen molar-refractivity contribution in [1.29, 1.82) is 0 Å². The third kappa shape index (κ3) is 1.62. The van der Waals surface area contributed by atoms with Crippen LogP contribution in [0.1, 0.15) is 6.92 Å². The van der Waals surface area contributed by atoms with Crippen molar-refractivity contribution in [3.8, 4) is 5.75 Å². The van der Waals surface area contributed by atoms with E-state index >= 15 is 0 Å². The molecule has 2 nitrogen and oxygen atoms in total. The first-order chi connectivity index (χ1) is 6.70. The van der Waals surface area contributed by atoms with Gasteiger partial charge in [-0.15, -0.1) is 0 Å². The highest BCUT2D eigenvalue weighted by Crippen LogP contribution is 2.14. The molecule has 0 amide bonds. The summed E-state index contributed by atoms with van der Waals surface area (Å²) in [6.07, 6.45) is 2.13. The van der Waals surface area contributed by atoms with Crippen LogP contribution in [-0.4, -0.2) is 12.6 Å². The van der Waals surface area contributed by atoms with Crippen molar-refractivity contribution < 1.29 is 4.74 Å². The second-order valence-corrected chi connectivity index (χ2v) is 3.90. The van der Waals surface area contributed by atoms with Crippen molar-refractivity contribution in [2.45, 2.75) is 12.4 Å². The smallest absolute Gasteiger partial charge is 0.130 e. The number of rotatable bonds is 1. The van der Waals surface area contributed by atoms with Gasteiger partial charge in [-0.2, -0.15) is 0 Å². The Morgan fingerprint density at radius 3 is 2.93 bits per heavy atom. The van der Waals surface area contributed by atoms with Crippen molar-refractivity contribution >= 4 is 17.7 Å². The van der Waals surface area contributed by atoms with Crippen LogP contribution in [0.2, 0.25) is 0 Å². The molecule has 2 unspecified atom stereocenters. The lowest BCUT2D eigenvalue weighted by molar-refractivity contribution is 0.414. The molecule has 0 bridgehead atoms. The van der Waals surface area contributed by atoms with Crippen molar-refractivity contribution in [2.75, 3.05) is 7.11 Å². The second-order valence-electron chi connectivity index (χ2n) is 3.45. The van der Waals surface area contributed by atoms with Crippen LogP contribution in [-0.2, 0) is 0 Å². The number of halogens is 1. The number of benzene rings is 1. The molecular formula is C11H12ClNO. The standard InChI is InChI=1S/C11H12ClNO/c1-7-5-8-6-9(14-2)3-4-10(8)13-11(7)12/h3-7,11H,1-2H3. The highest BCUT2D eigenvalue weighted by Gasteiger charge is 2.13. The van der Waals surface area contributed by atoms with Gasteiger partial charge in [0.25, 0.3) is 0 Å². The number of nitrogens with zero attached hydrogens (tertiary/aromatic N) is 1. The summed E-state index contributed by atoms with van der Waals surface area (Å²) >= 11 is 6.04. The van der Waals surface area contributed by atoms with E-state index in [1.54, 1.807) is 7.11 Å². The number of fused-ring (bicyclic) bond motifs is 1.